The summed E-state index contributed by atoms with van der Waals surface area (Å²) in [5, 5.41) is 11.4. The smallest absolute Gasteiger partial charge is 0.254 e. The standard InChI is InChI=1S/C22H22N2O3/c25-20-14-18(17-8-4-5-9-19(17)23-20)22(27)24-12-10-16(11-13-24)21(26)15-6-2-1-3-7-15/h1-9,14,16,21,26H,10-13H2,(H,23,25)/t21-/m0/s1. The van der Waals surface area contributed by atoms with E-state index in [0.717, 1.165) is 23.8 Å². The zero-order valence-electron chi connectivity index (χ0n) is 15.0. The maximum absolute atomic E-state index is 13.0. The van der Waals surface area contributed by atoms with Gasteiger partial charge in [0.25, 0.3) is 5.91 Å². The Labute approximate surface area is 157 Å². The van der Waals surface area contributed by atoms with Crippen molar-refractivity contribution in [2.45, 2.75) is 18.9 Å². The van der Waals surface area contributed by atoms with Gasteiger partial charge in [-0.3, -0.25) is 9.59 Å². The first-order valence-corrected chi connectivity index (χ1v) is 9.28. The SMILES string of the molecule is O=C(c1cc(=O)[nH]c2ccccc12)N1CCC([C@@H](O)c2ccccc2)CC1. The van der Waals surface area contributed by atoms with Gasteiger partial charge in [0, 0.05) is 30.1 Å². The highest BCUT2D eigenvalue weighted by Gasteiger charge is 2.29. The molecule has 5 nitrogen and oxygen atoms in total. The molecule has 5 heteroatoms. The van der Waals surface area contributed by atoms with Crippen molar-refractivity contribution in [2.24, 2.45) is 5.92 Å². The van der Waals surface area contributed by atoms with Crippen LogP contribution in [0.25, 0.3) is 10.9 Å². The predicted molar refractivity (Wildman–Crippen MR) is 105 cm³/mol. The Balaban J connectivity index is 1.50. The Morgan fingerprint density at radius 3 is 2.44 bits per heavy atom. The molecular formula is C22H22N2O3. The van der Waals surface area contributed by atoms with Gasteiger partial charge in [-0.2, -0.15) is 0 Å². The number of carbonyl (C=O) groups is 1. The molecule has 0 aliphatic carbocycles. The number of aliphatic hydroxyl groups excluding tert-OH is 1. The number of rotatable bonds is 3. The van der Waals surface area contributed by atoms with Crippen LogP contribution in [0.2, 0.25) is 0 Å². The Bertz CT molecular complexity index is 1000. The van der Waals surface area contributed by atoms with Gasteiger partial charge >= 0.3 is 0 Å². The molecule has 2 aromatic carbocycles. The molecule has 1 fully saturated rings. The summed E-state index contributed by atoms with van der Waals surface area (Å²) in [6.45, 7) is 1.16. The number of pyridine rings is 1. The number of benzene rings is 2. The van der Waals surface area contributed by atoms with Gasteiger partial charge in [0.1, 0.15) is 0 Å². The molecule has 27 heavy (non-hydrogen) atoms. The molecule has 1 aliphatic rings. The molecule has 0 saturated carbocycles. The number of amides is 1. The highest BCUT2D eigenvalue weighted by atomic mass is 16.3. The maximum atomic E-state index is 13.0. The third-order valence-electron chi connectivity index (χ3n) is 5.40. The van der Waals surface area contributed by atoms with Crippen molar-refractivity contribution in [2.75, 3.05) is 13.1 Å². The quantitative estimate of drug-likeness (QED) is 0.752. The van der Waals surface area contributed by atoms with Crippen molar-refractivity contribution < 1.29 is 9.90 Å². The molecule has 0 unspecified atom stereocenters. The molecule has 1 atom stereocenters. The molecule has 1 saturated heterocycles. The van der Waals surface area contributed by atoms with Crippen LogP contribution in [-0.4, -0.2) is 34.0 Å². The van der Waals surface area contributed by atoms with Gasteiger partial charge in [-0.15, -0.1) is 0 Å². The summed E-state index contributed by atoms with van der Waals surface area (Å²) in [5.74, 6) is 0.0114. The zero-order valence-corrected chi connectivity index (χ0v) is 15.0. The average Bonchev–Trinajstić information content (AvgIpc) is 2.73. The van der Waals surface area contributed by atoms with Crippen molar-refractivity contribution in [1.29, 1.82) is 0 Å². The number of H-pyrrole nitrogens is 1. The highest BCUT2D eigenvalue weighted by molar-refractivity contribution is 6.05. The first-order valence-electron chi connectivity index (χ1n) is 9.28. The van der Waals surface area contributed by atoms with Crippen LogP contribution in [0.3, 0.4) is 0 Å². The fraction of sp³-hybridized carbons (Fsp3) is 0.273. The lowest BCUT2D eigenvalue weighted by molar-refractivity contribution is 0.0463. The van der Waals surface area contributed by atoms with Crippen LogP contribution in [0.15, 0.2) is 65.5 Å². The molecule has 1 amide bonds. The normalized spacial score (nSPS) is 16.4. The number of carbonyl (C=O) groups excluding carboxylic acids is 1. The number of nitrogens with one attached hydrogen (secondary N) is 1. The third kappa shape index (κ3) is 3.51. The number of nitrogens with zero attached hydrogens (tertiary/aromatic N) is 1. The lowest BCUT2D eigenvalue weighted by Gasteiger charge is -2.34. The predicted octanol–water partition coefficient (Wildman–Crippen LogP) is 3.11. The van der Waals surface area contributed by atoms with E-state index < -0.39 is 6.10 Å². The lowest BCUT2D eigenvalue weighted by atomic mass is 9.87. The minimum atomic E-state index is -0.510. The van der Waals surface area contributed by atoms with E-state index in [2.05, 4.69) is 4.98 Å². The van der Waals surface area contributed by atoms with E-state index in [9.17, 15) is 14.7 Å². The molecule has 3 aromatic rings. The Morgan fingerprint density at radius 2 is 1.70 bits per heavy atom. The first-order chi connectivity index (χ1) is 13.1. The summed E-state index contributed by atoms with van der Waals surface area (Å²) < 4.78 is 0. The van der Waals surface area contributed by atoms with Crippen molar-refractivity contribution >= 4 is 16.8 Å². The van der Waals surface area contributed by atoms with E-state index in [1.165, 1.54) is 6.07 Å². The van der Waals surface area contributed by atoms with Crippen LogP contribution in [0.5, 0.6) is 0 Å². The van der Waals surface area contributed by atoms with Crippen LogP contribution in [0, 0.1) is 5.92 Å². The maximum Gasteiger partial charge on any atom is 0.254 e. The summed E-state index contributed by atoms with van der Waals surface area (Å²) in [5.41, 5.74) is 1.76. The first kappa shape index (κ1) is 17.5. The summed E-state index contributed by atoms with van der Waals surface area (Å²) in [4.78, 5) is 29.5. The number of fused-ring (bicyclic) bond motifs is 1. The summed E-state index contributed by atoms with van der Waals surface area (Å²) in [6.07, 6.45) is 0.968. The van der Waals surface area contributed by atoms with Crippen molar-refractivity contribution in [3.8, 4) is 0 Å². The number of para-hydroxylation sites is 1. The molecule has 2 N–H and O–H groups in total. The van der Waals surface area contributed by atoms with Crippen LogP contribution >= 0.6 is 0 Å². The molecule has 1 aliphatic heterocycles. The Hall–Kier alpha value is -2.92. The molecule has 2 heterocycles. The van der Waals surface area contributed by atoms with E-state index in [4.69, 9.17) is 0 Å². The second-order valence-electron chi connectivity index (χ2n) is 7.08. The van der Waals surface area contributed by atoms with Crippen molar-refractivity contribution in [3.63, 3.8) is 0 Å². The largest absolute Gasteiger partial charge is 0.388 e. The van der Waals surface area contributed by atoms with E-state index >= 15 is 0 Å². The van der Waals surface area contributed by atoms with Crippen LogP contribution in [0.1, 0.15) is 34.9 Å². The van der Waals surface area contributed by atoms with Crippen molar-refractivity contribution in [3.05, 3.63) is 82.1 Å². The van der Waals surface area contributed by atoms with Gasteiger partial charge in [0.2, 0.25) is 5.56 Å². The zero-order chi connectivity index (χ0) is 18.8. The second-order valence-corrected chi connectivity index (χ2v) is 7.08. The lowest BCUT2D eigenvalue weighted by Crippen LogP contribution is -2.40. The Morgan fingerprint density at radius 1 is 1.04 bits per heavy atom. The minimum Gasteiger partial charge on any atom is -0.388 e. The summed E-state index contributed by atoms with van der Waals surface area (Å²) in [6, 6.07) is 18.4. The number of aliphatic hydroxyl groups is 1. The topological polar surface area (TPSA) is 73.4 Å². The fourth-order valence-electron chi connectivity index (χ4n) is 3.89. The number of hydrogen-bond donors (Lipinski definition) is 2. The van der Waals surface area contributed by atoms with Crippen LogP contribution in [0.4, 0.5) is 0 Å². The van der Waals surface area contributed by atoms with E-state index in [0.29, 0.717) is 24.2 Å². The van der Waals surface area contributed by atoms with E-state index in [1.807, 2.05) is 48.5 Å². The monoisotopic (exact) mass is 362 g/mol. The van der Waals surface area contributed by atoms with Gasteiger partial charge in [-0.25, -0.2) is 0 Å². The molecule has 0 radical (unpaired) electrons. The van der Waals surface area contributed by atoms with Gasteiger partial charge in [-0.1, -0.05) is 48.5 Å². The molecule has 4 rings (SSSR count). The number of likely N-dealkylation sites (tertiary alicyclic amines) is 1. The molecular weight excluding hydrogens is 340 g/mol. The fourth-order valence-corrected chi connectivity index (χ4v) is 3.89. The van der Waals surface area contributed by atoms with Crippen LogP contribution < -0.4 is 5.56 Å². The van der Waals surface area contributed by atoms with Crippen LogP contribution in [-0.2, 0) is 0 Å². The number of aromatic amines is 1. The number of piperidine rings is 1. The van der Waals surface area contributed by atoms with Gasteiger partial charge in [0.05, 0.1) is 11.7 Å². The highest BCUT2D eigenvalue weighted by Crippen LogP contribution is 2.31. The molecule has 0 bridgehead atoms. The van der Waals surface area contributed by atoms with Gasteiger partial charge in [-0.05, 0) is 30.4 Å². The molecule has 138 valence electrons. The van der Waals surface area contributed by atoms with Crippen molar-refractivity contribution in [1.82, 2.24) is 9.88 Å². The Kier molecular flexibility index (Phi) is 4.77. The average molecular weight is 362 g/mol. The van der Waals surface area contributed by atoms with E-state index in [-0.39, 0.29) is 17.4 Å². The molecule has 0 spiro atoms. The third-order valence-corrected chi connectivity index (χ3v) is 5.40. The number of hydrogen-bond acceptors (Lipinski definition) is 3. The number of aromatic nitrogens is 1. The molecule has 1 aromatic heterocycles. The summed E-state index contributed by atoms with van der Waals surface area (Å²) in [7, 11) is 0. The minimum absolute atomic E-state index is 0.120. The summed E-state index contributed by atoms with van der Waals surface area (Å²) >= 11 is 0. The van der Waals surface area contributed by atoms with Gasteiger partial charge < -0.3 is 15.0 Å². The van der Waals surface area contributed by atoms with Gasteiger partial charge in [0.15, 0.2) is 0 Å². The van der Waals surface area contributed by atoms with E-state index in [1.54, 1.807) is 11.0 Å². The second kappa shape index (κ2) is 7.37.